The molecule has 6 nitrogen and oxygen atoms in total. The summed E-state index contributed by atoms with van der Waals surface area (Å²) in [4.78, 5) is 22.0. The third kappa shape index (κ3) is 1.58. The number of carboxylic acid groups (broad SMARTS) is 1. The minimum Gasteiger partial charge on any atom is -0.480 e. The van der Waals surface area contributed by atoms with Crippen LogP contribution >= 0.6 is 0 Å². The van der Waals surface area contributed by atoms with Gasteiger partial charge in [-0.25, -0.2) is 4.79 Å². The van der Waals surface area contributed by atoms with Crippen LogP contribution in [0.4, 0.5) is 4.79 Å². The Morgan fingerprint density at radius 1 is 1.64 bits per heavy atom. The molecular formula is C5H9N3O3. The quantitative estimate of drug-likeness (QED) is 0.428. The summed E-state index contributed by atoms with van der Waals surface area (Å²) < 4.78 is 0. The van der Waals surface area contributed by atoms with Gasteiger partial charge in [-0.3, -0.25) is 10.1 Å². The van der Waals surface area contributed by atoms with Crippen molar-refractivity contribution in [3.8, 4) is 0 Å². The largest absolute Gasteiger partial charge is 0.480 e. The Labute approximate surface area is 63.0 Å². The lowest BCUT2D eigenvalue weighted by molar-refractivity contribution is -0.138. The van der Waals surface area contributed by atoms with Crippen molar-refractivity contribution < 1.29 is 14.7 Å². The van der Waals surface area contributed by atoms with E-state index in [9.17, 15) is 9.59 Å². The number of hydrogen-bond acceptors (Lipinski definition) is 3. The van der Waals surface area contributed by atoms with E-state index < -0.39 is 18.0 Å². The first-order valence-electron chi connectivity index (χ1n) is 3.12. The zero-order valence-corrected chi connectivity index (χ0v) is 5.78. The second-order valence-corrected chi connectivity index (χ2v) is 2.31. The van der Waals surface area contributed by atoms with E-state index >= 15 is 0 Å². The molecule has 0 aromatic carbocycles. The van der Waals surface area contributed by atoms with E-state index in [1.165, 1.54) is 4.90 Å². The first-order valence-corrected chi connectivity index (χ1v) is 3.12. The summed E-state index contributed by atoms with van der Waals surface area (Å²) in [5.41, 5.74) is 4.91. The summed E-state index contributed by atoms with van der Waals surface area (Å²) in [6, 6.07) is -1.27. The molecule has 11 heavy (non-hydrogen) atoms. The molecule has 0 bridgehead atoms. The number of aliphatic carboxylic acids is 1. The van der Waals surface area contributed by atoms with E-state index in [0.717, 1.165) is 0 Å². The van der Waals surface area contributed by atoms with Gasteiger partial charge in [0.2, 0.25) is 0 Å². The lowest BCUT2D eigenvalue weighted by Crippen LogP contribution is -2.35. The minimum absolute atomic E-state index is 0.144. The van der Waals surface area contributed by atoms with Gasteiger partial charge >= 0.3 is 12.0 Å². The fourth-order valence-electron chi connectivity index (χ4n) is 0.903. The van der Waals surface area contributed by atoms with Crippen LogP contribution in [0.3, 0.4) is 0 Å². The van der Waals surface area contributed by atoms with Gasteiger partial charge in [0.15, 0.2) is 0 Å². The Balaban J connectivity index is 2.47. The van der Waals surface area contributed by atoms with Crippen molar-refractivity contribution in [3.63, 3.8) is 0 Å². The number of hydrogen-bond donors (Lipinski definition) is 3. The van der Waals surface area contributed by atoms with E-state index in [1.807, 2.05) is 0 Å². The van der Waals surface area contributed by atoms with E-state index in [2.05, 4.69) is 5.32 Å². The Morgan fingerprint density at radius 3 is 2.55 bits per heavy atom. The molecule has 1 heterocycles. The lowest BCUT2D eigenvalue weighted by Gasteiger charge is -2.09. The Bertz CT molecular complexity index is 173. The van der Waals surface area contributed by atoms with E-state index in [1.54, 1.807) is 0 Å². The number of carboxylic acids is 1. The summed E-state index contributed by atoms with van der Waals surface area (Å²) in [5.74, 6) is -0.964. The molecule has 1 rings (SSSR count). The average molecular weight is 159 g/mol. The van der Waals surface area contributed by atoms with Crippen molar-refractivity contribution in [1.29, 1.82) is 0 Å². The molecule has 1 aliphatic heterocycles. The third-order valence-corrected chi connectivity index (χ3v) is 1.54. The van der Waals surface area contributed by atoms with E-state index in [-0.39, 0.29) is 13.2 Å². The number of carbonyl (C=O) groups is 2. The van der Waals surface area contributed by atoms with Gasteiger partial charge in [0.1, 0.15) is 6.04 Å². The number of rotatable bonds is 1. The zero-order chi connectivity index (χ0) is 8.43. The second-order valence-electron chi connectivity index (χ2n) is 2.31. The first-order chi connectivity index (χ1) is 5.11. The molecule has 1 fully saturated rings. The van der Waals surface area contributed by atoms with Gasteiger partial charge in [0.25, 0.3) is 0 Å². The standard InChI is InChI=1S/C5H9N3O3/c6-5(11)8-1-3(4(9)10)7-2-8/h3,7H,1-2H2,(H2,6,11)(H,9,10). The highest BCUT2D eigenvalue weighted by Gasteiger charge is 2.28. The Morgan fingerprint density at radius 2 is 2.27 bits per heavy atom. The minimum atomic E-state index is -0.964. The number of nitrogens with two attached hydrogens (primary N) is 1. The molecule has 0 saturated carbocycles. The SMILES string of the molecule is NC(=O)N1CNC(C(=O)O)C1. The fourth-order valence-corrected chi connectivity index (χ4v) is 0.903. The first kappa shape index (κ1) is 7.80. The van der Waals surface area contributed by atoms with Crippen molar-refractivity contribution in [1.82, 2.24) is 10.2 Å². The van der Waals surface area contributed by atoms with Crippen LogP contribution in [-0.4, -0.2) is 41.3 Å². The summed E-state index contributed by atoms with van der Waals surface area (Å²) in [6.45, 7) is 0.358. The van der Waals surface area contributed by atoms with Gasteiger partial charge in [-0.2, -0.15) is 0 Å². The van der Waals surface area contributed by atoms with Crippen molar-refractivity contribution in [3.05, 3.63) is 0 Å². The number of urea groups is 1. The van der Waals surface area contributed by atoms with Crippen LogP contribution in [0, 0.1) is 0 Å². The van der Waals surface area contributed by atoms with Gasteiger partial charge in [-0.15, -0.1) is 0 Å². The van der Waals surface area contributed by atoms with Gasteiger partial charge < -0.3 is 15.7 Å². The second kappa shape index (κ2) is 2.75. The number of carbonyl (C=O) groups excluding carboxylic acids is 1. The van der Waals surface area contributed by atoms with Crippen molar-refractivity contribution in [2.75, 3.05) is 13.2 Å². The normalized spacial score (nSPS) is 23.6. The van der Waals surface area contributed by atoms with Gasteiger partial charge in [-0.1, -0.05) is 0 Å². The summed E-state index contributed by atoms with van der Waals surface area (Å²) >= 11 is 0. The molecule has 0 spiro atoms. The molecule has 62 valence electrons. The van der Waals surface area contributed by atoms with Crippen LogP contribution in [0.15, 0.2) is 0 Å². The summed E-state index contributed by atoms with van der Waals surface area (Å²) in [5, 5.41) is 11.1. The molecule has 1 aliphatic rings. The molecule has 0 aromatic rings. The topological polar surface area (TPSA) is 95.7 Å². The van der Waals surface area contributed by atoms with Crippen LogP contribution < -0.4 is 11.1 Å². The van der Waals surface area contributed by atoms with Crippen molar-refractivity contribution in [2.45, 2.75) is 6.04 Å². The monoisotopic (exact) mass is 159 g/mol. The molecule has 1 atom stereocenters. The van der Waals surface area contributed by atoms with Gasteiger partial charge in [0, 0.05) is 6.54 Å². The maximum atomic E-state index is 10.5. The molecule has 4 N–H and O–H groups in total. The number of nitrogens with one attached hydrogen (secondary N) is 1. The lowest BCUT2D eigenvalue weighted by atomic mass is 10.3. The molecular weight excluding hydrogens is 150 g/mol. The molecule has 0 aromatic heterocycles. The molecule has 1 saturated heterocycles. The molecule has 6 heteroatoms. The molecule has 0 radical (unpaired) electrons. The van der Waals surface area contributed by atoms with Crippen LogP contribution in [0.25, 0.3) is 0 Å². The van der Waals surface area contributed by atoms with Crippen molar-refractivity contribution >= 4 is 12.0 Å². The number of primary amides is 1. The van der Waals surface area contributed by atoms with E-state index in [4.69, 9.17) is 10.8 Å². The molecule has 1 unspecified atom stereocenters. The number of amides is 2. The molecule has 2 amide bonds. The Hall–Kier alpha value is -1.30. The van der Waals surface area contributed by atoms with Crippen molar-refractivity contribution in [2.24, 2.45) is 5.73 Å². The highest BCUT2D eigenvalue weighted by atomic mass is 16.4. The van der Waals surface area contributed by atoms with Crippen LogP contribution in [0.5, 0.6) is 0 Å². The average Bonchev–Trinajstić information content (AvgIpc) is 2.33. The fraction of sp³-hybridized carbons (Fsp3) is 0.600. The highest BCUT2D eigenvalue weighted by molar-refractivity contribution is 5.77. The highest BCUT2D eigenvalue weighted by Crippen LogP contribution is 1.99. The number of nitrogens with zero attached hydrogens (tertiary/aromatic N) is 1. The summed E-state index contributed by atoms with van der Waals surface area (Å²) in [7, 11) is 0. The van der Waals surface area contributed by atoms with Gasteiger partial charge in [0.05, 0.1) is 6.67 Å². The Kier molecular flexibility index (Phi) is 1.95. The summed E-state index contributed by atoms with van der Waals surface area (Å²) in [6.07, 6.45) is 0. The zero-order valence-electron chi connectivity index (χ0n) is 5.78. The molecule has 0 aliphatic carbocycles. The van der Waals surface area contributed by atoms with Crippen LogP contribution in [0.2, 0.25) is 0 Å². The smallest absolute Gasteiger partial charge is 0.322 e. The van der Waals surface area contributed by atoms with E-state index in [0.29, 0.717) is 0 Å². The van der Waals surface area contributed by atoms with Gasteiger partial charge in [-0.05, 0) is 0 Å². The predicted octanol–water partition coefficient (Wildman–Crippen LogP) is -1.62. The van der Waals surface area contributed by atoms with Crippen LogP contribution in [-0.2, 0) is 4.79 Å². The third-order valence-electron chi connectivity index (χ3n) is 1.54. The van der Waals surface area contributed by atoms with Crippen LogP contribution in [0.1, 0.15) is 0 Å². The maximum absolute atomic E-state index is 10.5. The maximum Gasteiger partial charge on any atom is 0.322 e. The predicted molar refractivity (Wildman–Crippen MR) is 35.7 cm³/mol.